The Labute approximate surface area is 173 Å². The summed E-state index contributed by atoms with van der Waals surface area (Å²) in [6.07, 6.45) is 20.3. The van der Waals surface area contributed by atoms with Gasteiger partial charge < -0.3 is 4.74 Å². The van der Waals surface area contributed by atoms with E-state index in [0.29, 0.717) is 13.2 Å². The van der Waals surface area contributed by atoms with E-state index in [9.17, 15) is 0 Å². The molecular weight excluding hydrogens is 340 g/mol. The Bertz CT molecular complexity index is 583. The maximum absolute atomic E-state index is 5.66. The van der Waals surface area contributed by atoms with Crippen LogP contribution >= 0.6 is 0 Å². The molecule has 3 rings (SSSR count). The Kier molecular flexibility index (Phi) is 8.86. The predicted molar refractivity (Wildman–Crippen MR) is 120 cm³/mol. The highest BCUT2D eigenvalue weighted by Gasteiger charge is 2.31. The van der Waals surface area contributed by atoms with Crippen LogP contribution in [0.3, 0.4) is 0 Å². The van der Waals surface area contributed by atoms with Crippen molar-refractivity contribution >= 4 is 0 Å². The van der Waals surface area contributed by atoms with Crippen molar-refractivity contribution in [2.24, 2.45) is 17.8 Å². The van der Waals surface area contributed by atoms with Gasteiger partial charge in [0.05, 0.1) is 13.2 Å². The van der Waals surface area contributed by atoms with Crippen molar-refractivity contribution in [2.45, 2.75) is 83.7 Å². The maximum Gasteiger partial charge on any atom is 0.0721 e. The van der Waals surface area contributed by atoms with E-state index in [2.05, 4.69) is 43.0 Å². The molecule has 0 heterocycles. The monoisotopic (exact) mass is 380 g/mol. The van der Waals surface area contributed by atoms with Crippen molar-refractivity contribution in [1.82, 2.24) is 0 Å². The Morgan fingerprint density at radius 3 is 2.18 bits per heavy atom. The number of hydrogen-bond donors (Lipinski definition) is 0. The highest BCUT2D eigenvalue weighted by atomic mass is 16.5. The Morgan fingerprint density at radius 1 is 0.929 bits per heavy atom. The standard InChI is InChI=1S/C27H40O/c1-3-5-7-22-8-12-24(13-9-22)26-16-18-27(19-17-26)25-14-10-23(11-15-25)21-28-20-6-4-2/h3-4,6,10-11,14-15,22,24,26-27H,1,5,7-9,12-13,16-21H2,2H3/t22-,24-,26-,27-. The lowest BCUT2D eigenvalue weighted by Gasteiger charge is -2.38. The molecule has 0 saturated heterocycles. The SMILES string of the molecule is C=CCC[C@H]1CC[C@H]([C@H]2CC[C@H](c3ccc(COCC=CC)cc3)CC2)CC1. The summed E-state index contributed by atoms with van der Waals surface area (Å²) in [6.45, 7) is 7.33. The molecule has 1 nitrogen and oxygen atoms in total. The molecule has 0 aliphatic heterocycles. The van der Waals surface area contributed by atoms with Gasteiger partial charge in [-0.15, -0.1) is 6.58 Å². The number of rotatable bonds is 9. The summed E-state index contributed by atoms with van der Waals surface area (Å²) in [5.74, 6) is 3.76. The van der Waals surface area contributed by atoms with E-state index in [-0.39, 0.29) is 0 Å². The fraction of sp³-hybridized carbons (Fsp3) is 0.630. The minimum Gasteiger partial charge on any atom is -0.373 e. The van der Waals surface area contributed by atoms with E-state index in [1.807, 2.05) is 13.0 Å². The van der Waals surface area contributed by atoms with Gasteiger partial charge in [0, 0.05) is 0 Å². The van der Waals surface area contributed by atoms with Crippen molar-refractivity contribution < 1.29 is 4.74 Å². The van der Waals surface area contributed by atoms with Gasteiger partial charge in [0.2, 0.25) is 0 Å². The van der Waals surface area contributed by atoms with E-state index >= 15 is 0 Å². The van der Waals surface area contributed by atoms with Gasteiger partial charge in [0.25, 0.3) is 0 Å². The first-order valence-electron chi connectivity index (χ1n) is 11.7. The average molecular weight is 381 g/mol. The van der Waals surface area contributed by atoms with Crippen LogP contribution in [0.2, 0.25) is 0 Å². The van der Waals surface area contributed by atoms with Crippen LogP contribution in [0.1, 0.15) is 88.2 Å². The van der Waals surface area contributed by atoms with Gasteiger partial charge in [0.15, 0.2) is 0 Å². The maximum atomic E-state index is 5.66. The highest BCUT2D eigenvalue weighted by molar-refractivity contribution is 5.25. The van der Waals surface area contributed by atoms with Gasteiger partial charge in [-0.2, -0.15) is 0 Å². The van der Waals surface area contributed by atoms with Gasteiger partial charge in [-0.1, -0.05) is 55.3 Å². The summed E-state index contributed by atoms with van der Waals surface area (Å²) in [4.78, 5) is 0. The molecule has 2 saturated carbocycles. The van der Waals surface area contributed by atoms with Crippen LogP contribution in [0, 0.1) is 17.8 Å². The van der Waals surface area contributed by atoms with Crippen molar-refractivity contribution in [1.29, 1.82) is 0 Å². The Balaban J connectivity index is 1.40. The summed E-state index contributed by atoms with van der Waals surface area (Å²) >= 11 is 0. The number of ether oxygens (including phenoxy) is 1. The zero-order valence-corrected chi connectivity index (χ0v) is 18.0. The topological polar surface area (TPSA) is 9.23 Å². The third-order valence-corrected chi connectivity index (χ3v) is 7.28. The Hall–Kier alpha value is -1.34. The first-order chi connectivity index (χ1) is 13.8. The third-order valence-electron chi connectivity index (χ3n) is 7.28. The van der Waals surface area contributed by atoms with Crippen molar-refractivity contribution in [2.75, 3.05) is 6.61 Å². The smallest absolute Gasteiger partial charge is 0.0721 e. The molecule has 0 atom stereocenters. The summed E-state index contributed by atoms with van der Waals surface area (Å²) in [5.41, 5.74) is 2.83. The molecule has 1 aromatic rings. The number of hydrogen-bond acceptors (Lipinski definition) is 1. The molecule has 2 aliphatic rings. The molecule has 0 radical (unpaired) electrons. The summed E-state index contributed by atoms with van der Waals surface area (Å²) in [5, 5.41) is 0. The molecule has 2 fully saturated rings. The van der Waals surface area contributed by atoms with Crippen LogP contribution < -0.4 is 0 Å². The van der Waals surface area contributed by atoms with Crippen LogP contribution in [0.25, 0.3) is 0 Å². The Morgan fingerprint density at radius 2 is 1.57 bits per heavy atom. The quantitative estimate of drug-likeness (QED) is 0.313. The largest absolute Gasteiger partial charge is 0.373 e. The summed E-state index contributed by atoms with van der Waals surface area (Å²) in [7, 11) is 0. The van der Waals surface area contributed by atoms with Crippen LogP contribution in [0.4, 0.5) is 0 Å². The zero-order valence-electron chi connectivity index (χ0n) is 18.0. The molecule has 1 aromatic carbocycles. The molecule has 2 aliphatic carbocycles. The second kappa shape index (κ2) is 11.6. The summed E-state index contributed by atoms with van der Waals surface area (Å²) < 4.78 is 5.66. The van der Waals surface area contributed by atoms with Crippen molar-refractivity contribution in [3.63, 3.8) is 0 Å². The predicted octanol–water partition coefficient (Wildman–Crippen LogP) is 7.83. The van der Waals surface area contributed by atoms with Crippen LogP contribution in [0.15, 0.2) is 49.1 Å². The fourth-order valence-electron chi connectivity index (χ4n) is 5.45. The molecule has 154 valence electrons. The van der Waals surface area contributed by atoms with Gasteiger partial charge in [-0.3, -0.25) is 0 Å². The minimum absolute atomic E-state index is 0.707. The highest BCUT2D eigenvalue weighted by Crippen LogP contribution is 2.44. The molecule has 0 aromatic heterocycles. The molecule has 1 heteroatoms. The van der Waals surface area contributed by atoms with Crippen molar-refractivity contribution in [3.05, 3.63) is 60.2 Å². The minimum atomic E-state index is 0.707. The molecule has 0 bridgehead atoms. The van der Waals surface area contributed by atoms with E-state index in [1.54, 1.807) is 5.56 Å². The van der Waals surface area contributed by atoms with Crippen LogP contribution in [0.5, 0.6) is 0 Å². The molecule has 0 N–H and O–H groups in total. The first-order valence-corrected chi connectivity index (χ1v) is 11.7. The lowest BCUT2D eigenvalue weighted by atomic mass is 9.68. The second-order valence-electron chi connectivity index (χ2n) is 9.08. The van der Waals surface area contributed by atoms with E-state index < -0.39 is 0 Å². The molecule has 28 heavy (non-hydrogen) atoms. The second-order valence-corrected chi connectivity index (χ2v) is 9.08. The molecule has 0 amide bonds. The zero-order chi connectivity index (χ0) is 19.6. The average Bonchev–Trinajstić information content (AvgIpc) is 2.76. The lowest BCUT2D eigenvalue weighted by Crippen LogP contribution is -2.25. The first kappa shape index (κ1) is 21.4. The van der Waals surface area contributed by atoms with E-state index in [4.69, 9.17) is 4.74 Å². The van der Waals surface area contributed by atoms with Crippen molar-refractivity contribution in [3.8, 4) is 0 Å². The molecular formula is C27H40O. The summed E-state index contributed by atoms with van der Waals surface area (Å²) in [6, 6.07) is 9.23. The number of benzene rings is 1. The number of allylic oxidation sites excluding steroid dienone is 2. The molecule has 0 spiro atoms. The fourth-order valence-corrected chi connectivity index (χ4v) is 5.45. The van der Waals surface area contributed by atoms with Gasteiger partial charge in [-0.25, -0.2) is 0 Å². The van der Waals surface area contributed by atoms with Gasteiger partial charge in [-0.05, 0) is 93.1 Å². The molecule has 0 unspecified atom stereocenters. The van der Waals surface area contributed by atoms with Crippen LogP contribution in [-0.2, 0) is 11.3 Å². The van der Waals surface area contributed by atoms with Gasteiger partial charge in [0.1, 0.15) is 0 Å². The normalized spacial score (nSPS) is 28.5. The van der Waals surface area contributed by atoms with E-state index in [0.717, 1.165) is 23.7 Å². The third kappa shape index (κ3) is 6.34. The van der Waals surface area contributed by atoms with Crippen LogP contribution in [-0.4, -0.2) is 6.61 Å². The van der Waals surface area contributed by atoms with Gasteiger partial charge >= 0.3 is 0 Å². The lowest BCUT2D eigenvalue weighted by molar-refractivity contribution is 0.148. The van der Waals surface area contributed by atoms with E-state index in [1.165, 1.54) is 69.8 Å².